The molecule has 2 atom stereocenters. The first-order valence-corrected chi connectivity index (χ1v) is 7.44. The normalized spacial score (nSPS) is 36.5. The van der Waals surface area contributed by atoms with Gasteiger partial charge in [-0.25, -0.2) is 0 Å². The highest BCUT2D eigenvalue weighted by Gasteiger charge is 2.30. The number of rotatable bonds is 4. The van der Waals surface area contributed by atoms with E-state index in [1.54, 1.807) is 0 Å². The van der Waals surface area contributed by atoms with Gasteiger partial charge in [0.1, 0.15) is 0 Å². The Morgan fingerprint density at radius 2 is 1.47 bits per heavy atom. The van der Waals surface area contributed by atoms with Crippen LogP contribution in [0.25, 0.3) is 0 Å². The zero-order valence-corrected chi connectivity index (χ0v) is 10.9. The third kappa shape index (κ3) is 3.21. The molecule has 1 aliphatic heterocycles. The maximum absolute atomic E-state index is 9.86. The lowest BCUT2D eigenvalue weighted by Gasteiger charge is -2.36. The van der Waals surface area contributed by atoms with Crippen molar-refractivity contribution in [2.45, 2.75) is 38.2 Å². The van der Waals surface area contributed by atoms with Crippen LogP contribution in [-0.4, -0.2) is 60.3 Å². The van der Waals surface area contributed by atoms with Crippen LogP contribution in [0.4, 0.5) is 0 Å². The number of hydrogen-bond donors (Lipinski definition) is 1. The summed E-state index contributed by atoms with van der Waals surface area (Å²) in [6, 6.07) is 0. The monoisotopic (exact) mass is 238 g/mol. The fourth-order valence-electron chi connectivity index (χ4n) is 3.38. The molecule has 3 fully saturated rings. The minimum atomic E-state index is -0.0144. The lowest BCUT2D eigenvalue weighted by atomic mass is 10.1. The second-order valence-corrected chi connectivity index (χ2v) is 6.30. The lowest BCUT2D eigenvalue weighted by Crippen LogP contribution is -2.48. The van der Waals surface area contributed by atoms with Crippen LogP contribution in [0.15, 0.2) is 0 Å². The van der Waals surface area contributed by atoms with Crippen LogP contribution in [-0.2, 0) is 0 Å². The van der Waals surface area contributed by atoms with E-state index in [2.05, 4.69) is 9.80 Å². The summed E-state index contributed by atoms with van der Waals surface area (Å²) < 4.78 is 0. The van der Waals surface area contributed by atoms with Crippen LogP contribution in [0.5, 0.6) is 0 Å². The first kappa shape index (κ1) is 11.9. The highest BCUT2D eigenvalue weighted by Crippen LogP contribution is 2.30. The molecule has 1 N–H and O–H groups in total. The Kier molecular flexibility index (Phi) is 3.69. The van der Waals surface area contributed by atoms with E-state index >= 15 is 0 Å². The van der Waals surface area contributed by atoms with Crippen molar-refractivity contribution in [3.05, 3.63) is 0 Å². The highest BCUT2D eigenvalue weighted by atomic mass is 16.3. The average molecular weight is 238 g/mol. The first-order valence-electron chi connectivity index (χ1n) is 7.44. The van der Waals surface area contributed by atoms with Gasteiger partial charge in [-0.05, 0) is 37.5 Å². The lowest BCUT2D eigenvalue weighted by molar-refractivity contribution is 0.0726. The molecule has 2 aliphatic carbocycles. The molecule has 0 aromatic heterocycles. The highest BCUT2D eigenvalue weighted by molar-refractivity contribution is 4.83. The molecular formula is C14H26N2O. The van der Waals surface area contributed by atoms with Crippen LogP contribution in [0.1, 0.15) is 32.1 Å². The third-order valence-corrected chi connectivity index (χ3v) is 4.79. The molecule has 3 aliphatic rings. The Bertz CT molecular complexity index is 247. The fraction of sp³-hybridized carbons (Fsp3) is 1.00. The molecule has 0 radical (unpaired) electrons. The fourth-order valence-corrected chi connectivity index (χ4v) is 3.38. The predicted molar refractivity (Wildman–Crippen MR) is 69.0 cm³/mol. The number of aliphatic hydroxyl groups is 1. The van der Waals surface area contributed by atoms with Crippen LogP contribution >= 0.6 is 0 Å². The predicted octanol–water partition coefficient (Wildman–Crippen LogP) is 1.17. The van der Waals surface area contributed by atoms with E-state index in [0.29, 0.717) is 5.92 Å². The molecule has 98 valence electrons. The van der Waals surface area contributed by atoms with Gasteiger partial charge in [-0.2, -0.15) is 0 Å². The molecule has 0 bridgehead atoms. The number of nitrogens with zero attached hydrogens (tertiary/aromatic N) is 2. The van der Waals surface area contributed by atoms with Gasteiger partial charge >= 0.3 is 0 Å². The summed E-state index contributed by atoms with van der Waals surface area (Å²) in [5.41, 5.74) is 0. The van der Waals surface area contributed by atoms with Crippen molar-refractivity contribution in [1.29, 1.82) is 0 Å². The van der Waals surface area contributed by atoms with Crippen molar-refractivity contribution in [1.82, 2.24) is 9.80 Å². The van der Waals surface area contributed by atoms with E-state index in [1.165, 1.54) is 58.4 Å². The maximum Gasteiger partial charge on any atom is 0.0580 e. The molecule has 0 aromatic rings. The van der Waals surface area contributed by atoms with Crippen molar-refractivity contribution < 1.29 is 5.11 Å². The summed E-state index contributed by atoms with van der Waals surface area (Å²) >= 11 is 0. The van der Waals surface area contributed by atoms with Gasteiger partial charge in [0, 0.05) is 39.3 Å². The Labute approximate surface area is 105 Å². The van der Waals surface area contributed by atoms with Gasteiger partial charge in [-0.3, -0.25) is 0 Å². The molecule has 1 heterocycles. The summed E-state index contributed by atoms with van der Waals surface area (Å²) in [7, 11) is 0. The largest absolute Gasteiger partial charge is 0.393 e. The summed E-state index contributed by atoms with van der Waals surface area (Å²) in [4.78, 5) is 5.21. The summed E-state index contributed by atoms with van der Waals surface area (Å²) in [6.07, 6.45) is 6.42. The molecular weight excluding hydrogens is 212 g/mol. The van der Waals surface area contributed by atoms with Crippen molar-refractivity contribution in [2.24, 2.45) is 11.8 Å². The Hall–Kier alpha value is -0.120. The molecule has 0 amide bonds. The third-order valence-electron chi connectivity index (χ3n) is 4.79. The quantitative estimate of drug-likeness (QED) is 0.796. The van der Waals surface area contributed by atoms with Crippen LogP contribution < -0.4 is 0 Å². The number of aliphatic hydroxyl groups excluding tert-OH is 1. The van der Waals surface area contributed by atoms with Gasteiger partial charge < -0.3 is 14.9 Å². The van der Waals surface area contributed by atoms with Gasteiger partial charge in [0.2, 0.25) is 0 Å². The van der Waals surface area contributed by atoms with E-state index in [4.69, 9.17) is 0 Å². The van der Waals surface area contributed by atoms with Crippen molar-refractivity contribution in [2.75, 3.05) is 39.3 Å². The van der Waals surface area contributed by atoms with Gasteiger partial charge in [0.05, 0.1) is 6.10 Å². The van der Waals surface area contributed by atoms with Crippen LogP contribution in [0.2, 0.25) is 0 Å². The molecule has 2 saturated carbocycles. The van der Waals surface area contributed by atoms with Crippen LogP contribution in [0.3, 0.4) is 0 Å². The van der Waals surface area contributed by atoms with E-state index in [0.717, 1.165) is 18.9 Å². The molecule has 1 saturated heterocycles. The average Bonchev–Trinajstić information content (AvgIpc) is 3.06. The smallest absolute Gasteiger partial charge is 0.0580 e. The van der Waals surface area contributed by atoms with E-state index in [-0.39, 0.29) is 6.10 Å². The molecule has 3 nitrogen and oxygen atoms in total. The summed E-state index contributed by atoms with van der Waals surface area (Å²) in [5.74, 6) is 1.59. The molecule has 17 heavy (non-hydrogen) atoms. The Morgan fingerprint density at radius 1 is 0.824 bits per heavy atom. The molecule has 3 rings (SSSR count). The van der Waals surface area contributed by atoms with Gasteiger partial charge in [0.25, 0.3) is 0 Å². The summed E-state index contributed by atoms with van der Waals surface area (Å²) in [5, 5.41) is 9.86. The SMILES string of the molecule is OC1CCCC1CN1CCN(CC2CC2)CC1. The maximum atomic E-state index is 9.86. The minimum Gasteiger partial charge on any atom is -0.393 e. The standard InChI is InChI=1S/C14H26N2O/c17-14-3-1-2-13(14)11-16-8-6-15(7-9-16)10-12-4-5-12/h12-14,17H,1-11H2. The van der Waals surface area contributed by atoms with E-state index in [9.17, 15) is 5.11 Å². The van der Waals surface area contributed by atoms with E-state index < -0.39 is 0 Å². The zero-order valence-electron chi connectivity index (χ0n) is 10.9. The zero-order chi connectivity index (χ0) is 11.7. The minimum absolute atomic E-state index is 0.0144. The van der Waals surface area contributed by atoms with Gasteiger partial charge in [-0.1, -0.05) is 6.42 Å². The summed E-state index contributed by atoms with van der Waals surface area (Å²) in [6.45, 7) is 7.42. The second-order valence-electron chi connectivity index (χ2n) is 6.30. The number of piperazine rings is 1. The molecule has 0 spiro atoms. The Balaban J connectivity index is 1.38. The molecule has 0 aromatic carbocycles. The second kappa shape index (κ2) is 5.25. The molecule has 2 unspecified atom stereocenters. The van der Waals surface area contributed by atoms with Crippen molar-refractivity contribution in [3.63, 3.8) is 0 Å². The Morgan fingerprint density at radius 3 is 2.00 bits per heavy atom. The van der Waals surface area contributed by atoms with Crippen molar-refractivity contribution in [3.8, 4) is 0 Å². The van der Waals surface area contributed by atoms with Gasteiger partial charge in [0.15, 0.2) is 0 Å². The topological polar surface area (TPSA) is 26.7 Å². The first-order chi connectivity index (χ1) is 8.31. The van der Waals surface area contributed by atoms with E-state index in [1.807, 2.05) is 0 Å². The molecule has 3 heteroatoms. The van der Waals surface area contributed by atoms with Crippen LogP contribution in [0, 0.1) is 11.8 Å². The van der Waals surface area contributed by atoms with Crippen molar-refractivity contribution >= 4 is 0 Å². The van der Waals surface area contributed by atoms with Gasteiger partial charge in [-0.15, -0.1) is 0 Å². The number of hydrogen-bond acceptors (Lipinski definition) is 3.